The van der Waals surface area contributed by atoms with Crippen LogP contribution in [0.15, 0.2) is 85.8 Å². The number of rotatable bonds is 26. The average molecular weight is 980 g/mol. The van der Waals surface area contributed by atoms with Gasteiger partial charge in [-0.25, -0.2) is 14.8 Å². The molecular formula is C49H65N13O9. The first kappa shape index (κ1) is 54.1. The molecule has 0 bridgehead atoms. The Hall–Kier alpha value is -7.88. The van der Waals surface area contributed by atoms with Crippen LogP contribution in [-0.2, 0) is 68.8 Å². The van der Waals surface area contributed by atoms with Crippen molar-refractivity contribution in [2.75, 3.05) is 13.7 Å². The number of nitrogens with zero attached hydrogens (tertiary/aromatic N) is 2. The van der Waals surface area contributed by atoms with Crippen LogP contribution in [0.4, 0.5) is 0 Å². The number of esters is 1. The number of para-hydroxylation sites is 1. The monoisotopic (exact) mass is 980 g/mol. The Labute approximate surface area is 411 Å². The van der Waals surface area contributed by atoms with E-state index in [1.807, 2.05) is 68.4 Å². The normalized spacial score (nSPS) is 14.2. The Kier molecular flexibility index (Phi) is 19.9. The lowest BCUT2D eigenvalue weighted by molar-refractivity contribution is -0.146. The van der Waals surface area contributed by atoms with E-state index in [9.17, 15) is 38.4 Å². The van der Waals surface area contributed by atoms with Crippen molar-refractivity contribution in [2.45, 2.75) is 109 Å². The van der Waals surface area contributed by atoms with Crippen LogP contribution in [0.3, 0.4) is 0 Å². The maximum atomic E-state index is 14.2. The minimum absolute atomic E-state index is 0.0199. The lowest BCUT2D eigenvalue weighted by Crippen LogP contribution is -2.59. The van der Waals surface area contributed by atoms with Gasteiger partial charge in [-0.15, -0.1) is 0 Å². The molecule has 3 heterocycles. The van der Waals surface area contributed by atoms with Crippen LogP contribution in [-0.4, -0.2) is 128 Å². The van der Waals surface area contributed by atoms with Crippen LogP contribution in [0.2, 0.25) is 0 Å². The van der Waals surface area contributed by atoms with Gasteiger partial charge in [-0.1, -0.05) is 76.2 Å². The number of amides is 7. The van der Waals surface area contributed by atoms with Gasteiger partial charge in [-0.05, 0) is 48.8 Å². The van der Waals surface area contributed by atoms with E-state index >= 15 is 0 Å². The van der Waals surface area contributed by atoms with E-state index in [1.165, 1.54) is 39.1 Å². The third-order valence-corrected chi connectivity index (χ3v) is 11.5. The predicted molar refractivity (Wildman–Crippen MR) is 261 cm³/mol. The molecule has 0 aliphatic carbocycles. The van der Waals surface area contributed by atoms with Crippen molar-refractivity contribution in [3.63, 3.8) is 0 Å². The fraction of sp³-hybridized carbons (Fsp3) is 0.429. The lowest BCUT2D eigenvalue weighted by Gasteiger charge is -2.26. The second-order valence-corrected chi connectivity index (χ2v) is 18.1. The van der Waals surface area contributed by atoms with Crippen molar-refractivity contribution in [3.8, 4) is 0 Å². The van der Waals surface area contributed by atoms with Crippen LogP contribution in [0, 0.1) is 11.8 Å². The number of carbonyl (C=O) groups excluding carboxylic acids is 8. The van der Waals surface area contributed by atoms with Gasteiger partial charge >= 0.3 is 5.97 Å². The number of ether oxygens (including phenoxy) is 1. The van der Waals surface area contributed by atoms with Crippen molar-refractivity contribution < 1.29 is 43.1 Å². The molecule has 3 aromatic heterocycles. The number of benzene rings is 2. The number of H-pyrrole nitrogens is 3. The molecule has 380 valence electrons. The summed E-state index contributed by atoms with van der Waals surface area (Å²) < 4.78 is 4.87. The predicted octanol–water partition coefficient (Wildman–Crippen LogP) is 0.132. The topological polar surface area (TPSA) is 329 Å². The molecule has 12 N–H and O–H groups in total. The highest BCUT2D eigenvalue weighted by Gasteiger charge is 2.33. The summed E-state index contributed by atoms with van der Waals surface area (Å²) in [4.78, 5) is 125. The zero-order valence-electron chi connectivity index (χ0n) is 40.7. The van der Waals surface area contributed by atoms with E-state index in [-0.39, 0.29) is 38.0 Å². The molecular weight excluding hydrogens is 915 g/mol. The number of nitrogens with two attached hydrogens (primary N) is 1. The molecule has 0 saturated carbocycles. The molecule has 0 spiro atoms. The van der Waals surface area contributed by atoms with E-state index in [0.717, 1.165) is 16.5 Å². The Morgan fingerprint density at radius 1 is 0.606 bits per heavy atom. The third kappa shape index (κ3) is 16.4. The lowest BCUT2D eigenvalue weighted by atomic mass is 10.0. The second kappa shape index (κ2) is 26.2. The number of nitrogens with one attached hydrogen (secondary N) is 10. The number of methoxy groups -OCH3 is 1. The zero-order chi connectivity index (χ0) is 51.6. The quantitative estimate of drug-likeness (QED) is 0.0330. The second-order valence-electron chi connectivity index (χ2n) is 18.1. The summed E-state index contributed by atoms with van der Waals surface area (Å²) >= 11 is 0. The molecule has 0 fully saturated rings. The largest absolute Gasteiger partial charge is 0.467 e. The summed E-state index contributed by atoms with van der Waals surface area (Å²) in [7, 11) is 1.21. The van der Waals surface area contributed by atoms with Gasteiger partial charge in [-0.2, -0.15) is 0 Å². The fourth-order valence-electron chi connectivity index (χ4n) is 7.71. The number of hydrogen-bond acceptors (Lipinski definition) is 12. The maximum Gasteiger partial charge on any atom is 0.328 e. The highest BCUT2D eigenvalue weighted by Crippen LogP contribution is 2.20. The van der Waals surface area contributed by atoms with Gasteiger partial charge in [0, 0.05) is 60.1 Å². The molecule has 22 heteroatoms. The minimum Gasteiger partial charge on any atom is -0.467 e. The van der Waals surface area contributed by atoms with Crippen molar-refractivity contribution in [1.29, 1.82) is 0 Å². The van der Waals surface area contributed by atoms with E-state index in [2.05, 4.69) is 62.1 Å². The summed E-state index contributed by atoms with van der Waals surface area (Å²) in [6, 6.07) is 8.50. The average Bonchev–Trinajstić information content (AvgIpc) is 4.15. The summed E-state index contributed by atoms with van der Waals surface area (Å²) in [6.45, 7) is 7.92. The number of aromatic amines is 3. The highest BCUT2D eigenvalue weighted by atomic mass is 16.5. The smallest absolute Gasteiger partial charge is 0.328 e. The Balaban J connectivity index is 1.25. The summed E-state index contributed by atoms with van der Waals surface area (Å²) in [6.07, 6.45) is 7.96. The molecule has 2 aromatic carbocycles. The number of hydrogen-bond donors (Lipinski definition) is 11. The molecule has 5 rings (SSSR count). The van der Waals surface area contributed by atoms with Crippen molar-refractivity contribution in [3.05, 3.63) is 108 Å². The molecule has 0 saturated heterocycles. The number of fused-ring (bicyclic) bond motifs is 1. The molecule has 7 atom stereocenters. The van der Waals surface area contributed by atoms with Crippen LogP contribution < -0.4 is 43.0 Å². The first-order valence-corrected chi connectivity index (χ1v) is 23.4. The first-order valence-electron chi connectivity index (χ1n) is 23.4. The van der Waals surface area contributed by atoms with Crippen LogP contribution in [0.5, 0.6) is 0 Å². The molecule has 0 unspecified atom stereocenters. The van der Waals surface area contributed by atoms with Gasteiger partial charge in [0.2, 0.25) is 41.4 Å². The summed E-state index contributed by atoms with van der Waals surface area (Å²) in [5.41, 5.74) is 9.63. The highest BCUT2D eigenvalue weighted by molar-refractivity contribution is 5.97. The standard InChI is InChI=1S/C49H65N13O9/c1-27(2)16-40(49(70)71-6)61-46(67)38(19-32-22-51-25-55-32)58-41(63)24-54-48(69)42(28(3)4)62-43(64)29(5)57-45(66)37(18-31-21-53-36-15-11-10-14-34(31)36)60-47(68)39(20-33-23-52-26-56-33)59-44(65)35(50)17-30-12-8-7-9-13-30/h7-15,21-23,25-29,35,37-40,42,53H,16-20,24,50H2,1-6H3,(H,51,55)(H,52,56)(H,54,69)(H,57,66)(H,58,63)(H,59,65)(H,60,68)(H,61,67)(H,62,64)/t29-,35+,37-,38-,39-,40-,42-/m0/s1. The van der Waals surface area contributed by atoms with E-state index in [4.69, 9.17) is 10.5 Å². The van der Waals surface area contributed by atoms with E-state index < -0.39 is 102 Å². The molecule has 7 amide bonds. The van der Waals surface area contributed by atoms with E-state index in [0.29, 0.717) is 17.0 Å². The number of carbonyl (C=O) groups is 8. The first-order chi connectivity index (χ1) is 33.9. The number of aromatic nitrogens is 5. The van der Waals surface area contributed by atoms with Gasteiger partial charge in [0.15, 0.2) is 0 Å². The Morgan fingerprint density at radius 2 is 1.17 bits per heavy atom. The molecule has 0 aliphatic heterocycles. The van der Waals surface area contributed by atoms with Crippen molar-refractivity contribution in [1.82, 2.24) is 62.1 Å². The molecule has 0 radical (unpaired) electrons. The Morgan fingerprint density at radius 3 is 1.76 bits per heavy atom. The van der Waals surface area contributed by atoms with Crippen molar-refractivity contribution >= 4 is 58.2 Å². The molecule has 0 aliphatic rings. The van der Waals surface area contributed by atoms with Gasteiger partial charge in [-0.3, -0.25) is 33.6 Å². The zero-order valence-corrected chi connectivity index (χ0v) is 40.7. The SMILES string of the molecule is COC(=O)[C@H](CC(C)C)NC(=O)[C@H](Cc1cnc[nH]1)NC(=O)CNC(=O)[C@@H](NC(=O)[C@H](C)NC(=O)[C@H](Cc1c[nH]c2ccccc12)NC(=O)[C@H](Cc1cnc[nH]1)NC(=O)[C@H](N)Cc1ccccc1)C(C)C. The summed E-state index contributed by atoms with van der Waals surface area (Å²) in [5.74, 6) is -6.04. The van der Waals surface area contributed by atoms with Gasteiger partial charge < -0.3 is 62.6 Å². The molecule has 5 aromatic rings. The Bertz CT molecular complexity index is 2560. The number of imidazole rings is 2. The van der Waals surface area contributed by atoms with Crippen LogP contribution in [0.1, 0.15) is 63.6 Å². The third-order valence-electron chi connectivity index (χ3n) is 11.5. The minimum atomic E-state index is -1.28. The van der Waals surface area contributed by atoms with Crippen molar-refractivity contribution in [2.24, 2.45) is 17.6 Å². The molecule has 71 heavy (non-hydrogen) atoms. The van der Waals surface area contributed by atoms with Crippen LogP contribution >= 0.6 is 0 Å². The summed E-state index contributed by atoms with van der Waals surface area (Å²) in [5, 5.41) is 19.4. The van der Waals surface area contributed by atoms with Crippen LogP contribution in [0.25, 0.3) is 10.9 Å². The van der Waals surface area contributed by atoms with Gasteiger partial charge in [0.25, 0.3) is 0 Å². The van der Waals surface area contributed by atoms with E-state index in [1.54, 1.807) is 20.0 Å². The van der Waals surface area contributed by atoms with Gasteiger partial charge in [0.1, 0.15) is 36.3 Å². The van der Waals surface area contributed by atoms with Gasteiger partial charge in [0.05, 0.1) is 32.4 Å². The fourth-order valence-corrected chi connectivity index (χ4v) is 7.71. The molecule has 22 nitrogen and oxygen atoms in total. The maximum absolute atomic E-state index is 14.2.